The van der Waals surface area contributed by atoms with Crippen molar-refractivity contribution in [2.45, 2.75) is 6.92 Å². The molecule has 1 aromatic heterocycles. The molecule has 0 unspecified atom stereocenters. The molecule has 16 heavy (non-hydrogen) atoms. The molecule has 0 amide bonds. The highest BCUT2D eigenvalue weighted by atomic mass is 19.1. The molecule has 0 radical (unpaired) electrons. The lowest BCUT2D eigenvalue weighted by Gasteiger charge is -2.05. The lowest BCUT2D eigenvalue weighted by Crippen LogP contribution is -1.99. The zero-order chi connectivity index (χ0) is 11.5. The Kier molecular flexibility index (Phi) is 2.81. The van der Waals surface area contributed by atoms with Gasteiger partial charge in [0.1, 0.15) is 5.82 Å². The molecule has 1 aromatic carbocycles. The van der Waals surface area contributed by atoms with Crippen molar-refractivity contribution in [3.63, 3.8) is 0 Å². The van der Waals surface area contributed by atoms with Crippen molar-refractivity contribution in [2.24, 2.45) is 0 Å². The average molecular weight is 217 g/mol. The summed E-state index contributed by atoms with van der Waals surface area (Å²) < 4.78 is 13.0. The smallest absolute Gasteiger partial charge is 0.151 e. The highest BCUT2D eigenvalue weighted by molar-refractivity contribution is 5.61. The van der Waals surface area contributed by atoms with Crippen LogP contribution in [0.25, 0.3) is 11.3 Å². The number of halogens is 1. The van der Waals surface area contributed by atoms with E-state index in [9.17, 15) is 4.39 Å². The first-order valence-electron chi connectivity index (χ1n) is 4.98. The Morgan fingerprint density at radius 2 is 2.00 bits per heavy atom. The van der Waals surface area contributed by atoms with Gasteiger partial charge in [0.2, 0.25) is 0 Å². The summed E-state index contributed by atoms with van der Waals surface area (Å²) in [4.78, 5) is 0. The number of rotatable bonds is 2. The van der Waals surface area contributed by atoms with E-state index >= 15 is 0 Å². The van der Waals surface area contributed by atoms with Gasteiger partial charge in [0.25, 0.3) is 0 Å². The highest BCUT2D eigenvalue weighted by Crippen LogP contribution is 2.20. The zero-order valence-corrected chi connectivity index (χ0v) is 9.16. The van der Waals surface area contributed by atoms with Gasteiger partial charge in [0.15, 0.2) is 5.82 Å². The van der Waals surface area contributed by atoms with Crippen LogP contribution < -0.4 is 5.32 Å². The van der Waals surface area contributed by atoms with Gasteiger partial charge in [0, 0.05) is 12.6 Å². The molecule has 1 heterocycles. The second-order valence-corrected chi connectivity index (χ2v) is 3.52. The van der Waals surface area contributed by atoms with Gasteiger partial charge in [-0.25, -0.2) is 4.39 Å². The normalized spacial score (nSPS) is 10.2. The van der Waals surface area contributed by atoms with Crippen LogP contribution in [0.4, 0.5) is 10.2 Å². The van der Waals surface area contributed by atoms with Crippen LogP contribution in [0.5, 0.6) is 0 Å². The molecule has 2 rings (SSSR count). The Balaban J connectivity index is 2.45. The maximum absolute atomic E-state index is 13.0. The van der Waals surface area contributed by atoms with Crippen LogP contribution in [-0.4, -0.2) is 17.2 Å². The monoisotopic (exact) mass is 217 g/mol. The molecule has 0 fully saturated rings. The van der Waals surface area contributed by atoms with Crippen molar-refractivity contribution in [1.29, 1.82) is 0 Å². The quantitative estimate of drug-likeness (QED) is 0.840. The molecule has 1 N–H and O–H groups in total. The molecule has 82 valence electrons. The third kappa shape index (κ3) is 2.00. The van der Waals surface area contributed by atoms with Gasteiger partial charge >= 0.3 is 0 Å². The van der Waals surface area contributed by atoms with Crippen molar-refractivity contribution in [2.75, 3.05) is 12.4 Å². The predicted molar refractivity (Wildman–Crippen MR) is 61.7 cm³/mol. The van der Waals surface area contributed by atoms with Crippen LogP contribution in [0.3, 0.4) is 0 Å². The van der Waals surface area contributed by atoms with E-state index in [2.05, 4.69) is 15.5 Å². The number of nitrogens with one attached hydrogen (secondary N) is 1. The van der Waals surface area contributed by atoms with E-state index in [1.165, 1.54) is 12.1 Å². The lowest BCUT2D eigenvalue weighted by molar-refractivity contribution is 0.628. The minimum atomic E-state index is -0.269. The van der Waals surface area contributed by atoms with Gasteiger partial charge in [-0.3, -0.25) is 0 Å². The summed E-state index contributed by atoms with van der Waals surface area (Å²) in [5.41, 5.74) is 2.39. The number of nitrogens with zero attached hydrogens (tertiary/aromatic N) is 2. The zero-order valence-electron chi connectivity index (χ0n) is 9.16. The molecule has 0 saturated carbocycles. The van der Waals surface area contributed by atoms with Gasteiger partial charge in [-0.15, -0.1) is 10.2 Å². The van der Waals surface area contributed by atoms with E-state index in [0.717, 1.165) is 16.9 Å². The summed E-state index contributed by atoms with van der Waals surface area (Å²) >= 11 is 0. The summed E-state index contributed by atoms with van der Waals surface area (Å²) in [6.45, 7) is 1.93. The highest BCUT2D eigenvalue weighted by Gasteiger charge is 2.04. The fraction of sp³-hybridized carbons (Fsp3) is 0.167. The fourth-order valence-corrected chi connectivity index (χ4v) is 1.52. The average Bonchev–Trinajstić information content (AvgIpc) is 2.29. The number of hydrogen-bond donors (Lipinski definition) is 1. The summed E-state index contributed by atoms with van der Waals surface area (Å²) in [6, 6.07) is 8.21. The summed E-state index contributed by atoms with van der Waals surface area (Å²) in [7, 11) is 1.79. The van der Waals surface area contributed by atoms with E-state index in [-0.39, 0.29) is 5.82 Å². The van der Waals surface area contributed by atoms with E-state index in [0.29, 0.717) is 5.69 Å². The first-order chi connectivity index (χ1) is 7.70. The second-order valence-electron chi connectivity index (χ2n) is 3.52. The first kappa shape index (κ1) is 10.5. The van der Waals surface area contributed by atoms with Crippen LogP contribution in [0.2, 0.25) is 0 Å². The van der Waals surface area contributed by atoms with Gasteiger partial charge in [-0.05, 0) is 30.7 Å². The largest absolute Gasteiger partial charge is 0.371 e. The van der Waals surface area contributed by atoms with Crippen molar-refractivity contribution >= 4 is 5.82 Å². The Morgan fingerprint density at radius 1 is 1.19 bits per heavy atom. The van der Waals surface area contributed by atoms with Crippen LogP contribution in [-0.2, 0) is 0 Å². The molecule has 0 aliphatic carbocycles. The Bertz CT molecular complexity index is 511. The predicted octanol–water partition coefficient (Wildman–Crippen LogP) is 2.63. The third-order valence-corrected chi connectivity index (χ3v) is 2.34. The van der Waals surface area contributed by atoms with Crippen LogP contribution in [0.15, 0.2) is 30.3 Å². The molecule has 3 nitrogen and oxygen atoms in total. The molecule has 0 saturated heterocycles. The summed E-state index contributed by atoms with van der Waals surface area (Å²) in [6.07, 6.45) is 0. The minimum Gasteiger partial charge on any atom is -0.371 e. The Labute approximate surface area is 93.3 Å². The number of aromatic nitrogens is 2. The molecule has 4 heteroatoms. The molecular weight excluding hydrogens is 205 g/mol. The van der Waals surface area contributed by atoms with Crippen LogP contribution in [0, 0.1) is 12.7 Å². The Hall–Kier alpha value is -1.97. The molecule has 0 bridgehead atoms. The molecule has 0 spiro atoms. The topological polar surface area (TPSA) is 37.8 Å². The number of anilines is 1. The van der Waals surface area contributed by atoms with Crippen molar-refractivity contribution in [3.8, 4) is 11.3 Å². The molecule has 2 aromatic rings. The fourth-order valence-electron chi connectivity index (χ4n) is 1.52. The van der Waals surface area contributed by atoms with Crippen molar-refractivity contribution < 1.29 is 4.39 Å². The van der Waals surface area contributed by atoms with E-state index in [4.69, 9.17) is 0 Å². The second kappa shape index (κ2) is 4.26. The number of benzene rings is 1. The summed E-state index contributed by atoms with van der Waals surface area (Å²) in [5, 5.41) is 11.0. The first-order valence-corrected chi connectivity index (χ1v) is 4.98. The van der Waals surface area contributed by atoms with Gasteiger partial charge < -0.3 is 5.32 Å². The molecule has 0 aliphatic heterocycles. The molecular formula is C12H12FN3. The lowest BCUT2D eigenvalue weighted by atomic mass is 10.1. The van der Waals surface area contributed by atoms with E-state index < -0.39 is 0 Å². The third-order valence-electron chi connectivity index (χ3n) is 2.34. The van der Waals surface area contributed by atoms with Gasteiger partial charge in [0.05, 0.1) is 5.69 Å². The maximum atomic E-state index is 13.0. The summed E-state index contributed by atoms with van der Waals surface area (Å²) in [5.74, 6) is 0.467. The van der Waals surface area contributed by atoms with Crippen LogP contribution >= 0.6 is 0 Å². The number of aryl methyl sites for hydroxylation is 1. The van der Waals surface area contributed by atoms with Crippen LogP contribution in [0.1, 0.15) is 5.56 Å². The minimum absolute atomic E-state index is 0.269. The van der Waals surface area contributed by atoms with Crippen molar-refractivity contribution in [3.05, 3.63) is 41.7 Å². The van der Waals surface area contributed by atoms with Crippen molar-refractivity contribution in [1.82, 2.24) is 10.2 Å². The maximum Gasteiger partial charge on any atom is 0.151 e. The van der Waals surface area contributed by atoms with E-state index in [1.807, 2.05) is 19.1 Å². The van der Waals surface area contributed by atoms with Gasteiger partial charge in [-0.2, -0.15) is 0 Å². The Morgan fingerprint density at radius 3 is 2.62 bits per heavy atom. The number of hydrogen-bond acceptors (Lipinski definition) is 3. The molecule has 0 atom stereocenters. The van der Waals surface area contributed by atoms with Gasteiger partial charge in [-0.1, -0.05) is 12.1 Å². The standard InChI is InChI=1S/C12H12FN3/c1-8-6-11(15-16-12(8)14-2)9-4-3-5-10(13)7-9/h3-7H,1-2H3,(H,14,16). The van der Waals surface area contributed by atoms with E-state index in [1.54, 1.807) is 13.1 Å². The SMILES string of the molecule is CNc1nnc(-c2cccc(F)c2)cc1C. The molecule has 0 aliphatic rings.